The first-order chi connectivity index (χ1) is 12.9. The van der Waals surface area contributed by atoms with Crippen LogP contribution in [0.4, 0.5) is 11.4 Å². The highest BCUT2D eigenvalue weighted by atomic mass is 35.5. The van der Waals surface area contributed by atoms with Crippen molar-refractivity contribution in [2.24, 2.45) is 0 Å². The number of rotatable bonds is 8. The molecule has 0 saturated heterocycles. The number of anilines is 2. The summed E-state index contributed by atoms with van der Waals surface area (Å²) >= 11 is 5.85. The number of halogens is 1. The number of nitrogens with zero attached hydrogens (tertiary/aromatic N) is 1. The molecule has 1 atom stereocenters. The quantitative estimate of drug-likeness (QED) is 0.723. The summed E-state index contributed by atoms with van der Waals surface area (Å²) in [6, 6.07) is 13.5. The minimum atomic E-state index is -0.465. The minimum absolute atomic E-state index is 0.109. The van der Waals surface area contributed by atoms with Gasteiger partial charge < -0.3 is 15.4 Å². The summed E-state index contributed by atoms with van der Waals surface area (Å²) in [6.45, 7) is 4.35. The van der Waals surface area contributed by atoms with E-state index < -0.39 is 6.04 Å². The Labute approximate surface area is 164 Å². The van der Waals surface area contributed by atoms with Crippen molar-refractivity contribution in [2.45, 2.75) is 19.9 Å². The van der Waals surface area contributed by atoms with Crippen LogP contribution in [0.15, 0.2) is 48.5 Å². The SMILES string of the molecule is CCN(CC(=O)Nc1ccc(OC)cc1)C(C)C(=O)Nc1ccc(Cl)cc1. The summed E-state index contributed by atoms with van der Waals surface area (Å²) in [5, 5.41) is 6.26. The topological polar surface area (TPSA) is 70.7 Å². The van der Waals surface area contributed by atoms with Crippen LogP contribution in [-0.4, -0.2) is 43.0 Å². The van der Waals surface area contributed by atoms with Crippen LogP contribution in [0, 0.1) is 0 Å². The standard InChI is InChI=1S/C20H24ClN3O3/c1-4-24(13-19(25)22-16-9-11-18(27-3)12-10-16)14(2)20(26)23-17-7-5-15(21)6-8-17/h5-12,14H,4,13H2,1-3H3,(H,22,25)(H,23,26). The highest BCUT2D eigenvalue weighted by molar-refractivity contribution is 6.30. The van der Waals surface area contributed by atoms with Crippen LogP contribution in [0.2, 0.25) is 5.02 Å². The summed E-state index contributed by atoms with van der Waals surface area (Å²) in [4.78, 5) is 26.6. The molecule has 0 heterocycles. The van der Waals surface area contributed by atoms with Gasteiger partial charge in [-0.2, -0.15) is 0 Å². The van der Waals surface area contributed by atoms with E-state index in [1.165, 1.54) is 0 Å². The molecule has 27 heavy (non-hydrogen) atoms. The number of ether oxygens (including phenoxy) is 1. The van der Waals surface area contributed by atoms with Crippen LogP contribution in [0.25, 0.3) is 0 Å². The third-order valence-electron chi connectivity index (χ3n) is 4.17. The second kappa shape index (κ2) is 9.94. The van der Waals surface area contributed by atoms with Crippen molar-refractivity contribution in [3.05, 3.63) is 53.6 Å². The second-order valence-corrected chi connectivity index (χ2v) is 6.45. The lowest BCUT2D eigenvalue weighted by molar-refractivity contribution is -0.123. The van der Waals surface area contributed by atoms with Crippen molar-refractivity contribution in [3.8, 4) is 5.75 Å². The Morgan fingerprint density at radius 3 is 2.15 bits per heavy atom. The zero-order chi connectivity index (χ0) is 19.8. The van der Waals surface area contributed by atoms with Crippen molar-refractivity contribution < 1.29 is 14.3 Å². The smallest absolute Gasteiger partial charge is 0.241 e. The van der Waals surface area contributed by atoms with E-state index in [-0.39, 0.29) is 18.4 Å². The van der Waals surface area contributed by atoms with Crippen LogP contribution < -0.4 is 15.4 Å². The van der Waals surface area contributed by atoms with Gasteiger partial charge in [0.2, 0.25) is 11.8 Å². The Bertz CT molecular complexity index is 763. The lowest BCUT2D eigenvalue weighted by Gasteiger charge is -2.26. The van der Waals surface area contributed by atoms with Crippen molar-refractivity contribution >= 4 is 34.8 Å². The highest BCUT2D eigenvalue weighted by Crippen LogP contribution is 2.16. The monoisotopic (exact) mass is 389 g/mol. The van der Waals surface area contributed by atoms with E-state index in [4.69, 9.17) is 16.3 Å². The summed E-state index contributed by atoms with van der Waals surface area (Å²) in [6.07, 6.45) is 0. The van der Waals surface area contributed by atoms with Gasteiger partial charge in [-0.3, -0.25) is 14.5 Å². The Hall–Kier alpha value is -2.57. The van der Waals surface area contributed by atoms with Crippen LogP contribution >= 0.6 is 11.6 Å². The summed E-state index contributed by atoms with van der Waals surface area (Å²) < 4.78 is 5.10. The third kappa shape index (κ3) is 6.27. The maximum absolute atomic E-state index is 12.5. The van der Waals surface area contributed by atoms with E-state index in [9.17, 15) is 9.59 Å². The molecule has 2 N–H and O–H groups in total. The predicted octanol–water partition coefficient (Wildman–Crippen LogP) is 3.64. The third-order valence-corrected chi connectivity index (χ3v) is 4.42. The number of nitrogens with one attached hydrogen (secondary N) is 2. The van der Waals surface area contributed by atoms with Gasteiger partial charge in [-0.1, -0.05) is 18.5 Å². The van der Waals surface area contributed by atoms with Crippen LogP contribution in [0.1, 0.15) is 13.8 Å². The maximum Gasteiger partial charge on any atom is 0.241 e. The molecule has 0 aromatic heterocycles. The highest BCUT2D eigenvalue weighted by Gasteiger charge is 2.22. The fraction of sp³-hybridized carbons (Fsp3) is 0.300. The maximum atomic E-state index is 12.5. The molecule has 0 saturated carbocycles. The second-order valence-electron chi connectivity index (χ2n) is 6.01. The Morgan fingerprint density at radius 2 is 1.59 bits per heavy atom. The van der Waals surface area contributed by atoms with Crippen LogP contribution in [0.5, 0.6) is 5.75 Å². The van der Waals surface area contributed by atoms with Crippen molar-refractivity contribution in [3.63, 3.8) is 0 Å². The number of amides is 2. The molecule has 2 rings (SSSR count). The van der Waals surface area contributed by atoms with Gasteiger partial charge in [0.05, 0.1) is 19.7 Å². The number of carbonyl (C=O) groups excluding carboxylic acids is 2. The molecule has 0 radical (unpaired) electrons. The van der Waals surface area contributed by atoms with Gasteiger partial charge in [0, 0.05) is 16.4 Å². The number of methoxy groups -OCH3 is 1. The molecule has 0 aliphatic heterocycles. The molecule has 2 aromatic carbocycles. The molecule has 0 bridgehead atoms. The van der Waals surface area contributed by atoms with E-state index >= 15 is 0 Å². The summed E-state index contributed by atoms with van der Waals surface area (Å²) in [5.41, 5.74) is 1.34. The van der Waals surface area contributed by atoms with E-state index in [1.54, 1.807) is 67.5 Å². The first-order valence-corrected chi connectivity index (χ1v) is 9.05. The molecule has 7 heteroatoms. The summed E-state index contributed by atoms with van der Waals surface area (Å²) in [7, 11) is 1.59. The molecular weight excluding hydrogens is 366 g/mol. The van der Waals surface area contributed by atoms with Gasteiger partial charge in [0.15, 0.2) is 0 Å². The number of likely N-dealkylation sites (N-methyl/N-ethyl adjacent to an activating group) is 1. The Morgan fingerprint density at radius 1 is 1.04 bits per heavy atom. The molecule has 144 valence electrons. The van der Waals surface area contributed by atoms with Gasteiger partial charge in [-0.25, -0.2) is 0 Å². The van der Waals surface area contributed by atoms with E-state index in [0.717, 1.165) is 5.75 Å². The normalized spacial score (nSPS) is 11.7. The van der Waals surface area contributed by atoms with E-state index in [0.29, 0.717) is 22.9 Å². The zero-order valence-corrected chi connectivity index (χ0v) is 16.4. The molecule has 6 nitrogen and oxygen atoms in total. The Kier molecular flexibility index (Phi) is 7.64. The fourth-order valence-corrected chi connectivity index (χ4v) is 2.65. The molecule has 2 aromatic rings. The van der Waals surface area contributed by atoms with Crippen LogP contribution in [-0.2, 0) is 9.59 Å². The lowest BCUT2D eigenvalue weighted by Crippen LogP contribution is -2.45. The first-order valence-electron chi connectivity index (χ1n) is 8.67. The fourth-order valence-electron chi connectivity index (χ4n) is 2.53. The molecule has 0 aliphatic carbocycles. The number of hydrogen-bond donors (Lipinski definition) is 2. The lowest BCUT2D eigenvalue weighted by atomic mass is 10.2. The first kappa shape index (κ1) is 20.7. The molecule has 2 amide bonds. The largest absolute Gasteiger partial charge is 0.497 e. The molecule has 0 spiro atoms. The number of hydrogen-bond acceptors (Lipinski definition) is 4. The molecule has 0 fully saturated rings. The van der Waals surface area contributed by atoms with Crippen molar-refractivity contribution in [2.75, 3.05) is 30.8 Å². The van der Waals surface area contributed by atoms with Crippen molar-refractivity contribution in [1.29, 1.82) is 0 Å². The van der Waals surface area contributed by atoms with E-state index in [2.05, 4.69) is 10.6 Å². The predicted molar refractivity (Wildman–Crippen MR) is 108 cm³/mol. The number of carbonyl (C=O) groups is 2. The molecular formula is C20H24ClN3O3. The van der Waals surface area contributed by atoms with Gasteiger partial charge in [-0.05, 0) is 62.0 Å². The van der Waals surface area contributed by atoms with E-state index in [1.807, 2.05) is 6.92 Å². The zero-order valence-electron chi connectivity index (χ0n) is 15.7. The van der Waals surface area contributed by atoms with Gasteiger partial charge in [0.25, 0.3) is 0 Å². The van der Waals surface area contributed by atoms with Gasteiger partial charge in [0.1, 0.15) is 5.75 Å². The van der Waals surface area contributed by atoms with Crippen molar-refractivity contribution in [1.82, 2.24) is 4.90 Å². The minimum Gasteiger partial charge on any atom is -0.497 e. The average molecular weight is 390 g/mol. The Balaban J connectivity index is 1.92. The molecule has 0 aliphatic rings. The number of benzene rings is 2. The van der Waals surface area contributed by atoms with Gasteiger partial charge >= 0.3 is 0 Å². The average Bonchev–Trinajstić information content (AvgIpc) is 2.68. The van der Waals surface area contributed by atoms with Crippen LogP contribution in [0.3, 0.4) is 0 Å². The van der Waals surface area contributed by atoms with Gasteiger partial charge in [-0.15, -0.1) is 0 Å². The summed E-state index contributed by atoms with van der Waals surface area (Å²) in [5.74, 6) is 0.347. The molecule has 1 unspecified atom stereocenters.